The standard InChI is InChI=1S/C28H25N9OS/c38-24(10-16-3-6-29-7-4-16)33-18-11-17(13-30-14-18)21-12-20-22(15-32-21)36-37-26(20)28-34-25-19(23-2-1-9-39-23)5-8-31-27(25)35-28/h1-2,5,8-9,11-16,29H,3-4,6-7,10H2,(H,33,38)(H,36,37)(H,31,34,35). The van der Waals surface area contributed by atoms with Crippen molar-refractivity contribution in [1.29, 1.82) is 0 Å². The van der Waals surface area contributed by atoms with Crippen LogP contribution in [0.15, 0.2) is 60.5 Å². The molecular weight excluding hydrogens is 510 g/mol. The molecule has 1 amide bonds. The second-order valence-electron chi connectivity index (χ2n) is 9.72. The van der Waals surface area contributed by atoms with Gasteiger partial charge in [0, 0.05) is 40.2 Å². The molecule has 1 aliphatic heterocycles. The van der Waals surface area contributed by atoms with Crippen LogP contribution in [0.25, 0.3) is 55.3 Å². The molecule has 0 unspecified atom stereocenters. The van der Waals surface area contributed by atoms with Crippen LogP contribution in [-0.2, 0) is 4.79 Å². The number of amides is 1. The number of nitrogens with one attached hydrogen (secondary N) is 4. The average Bonchev–Trinajstić information content (AvgIpc) is 3.73. The van der Waals surface area contributed by atoms with Crippen LogP contribution >= 0.6 is 11.3 Å². The number of pyridine rings is 3. The number of aromatic nitrogens is 7. The van der Waals surface area contributed by atoms with Gasteiger partial charge in [-0.1, -0.05) is 6.07 Å². The molecule has 0 aliphatic carbocycles. The van der Waals surface area contributed by atoms with Gasteiger partial charge in [-0.2, -0.15) is 5.10 Å². The topological polar surface area (TPSA) is 137 Å². The van der Waals surface area contributed by atoms with Gasteiger partial charge in [-0.3, -0.25) is 19.9 Å². The number of carbonyl (C=O) groups is 1. The number of hydrogen-bond acceptors (Lipinski definition) is 8. The number of fused-ring (bicyclic) bond motifs is 2. The minimum Gasteiger partial charge on any atom is -0.335 e. The van der Waals surface area contributed by atoms with Crippen molar-refractivity contribution in [3.63, 3.8) is 0 Å². The highest BCUT2D eigenvalue weighted by atomic mass is 32.1. The Kier molecular flexibility index (Phi) is 6.06. The maximum Gasteiger partial charge on any atom is 0.224 e. The second kappa shape index (κ2) is 10.0. The van der Waals surface area contributed by atoms with E-state index >= 15 is 0 Å². The fourth-order valence-corrected chi connectivity index (χ4v) is 5.88. The molecule has 0 aromatic carbocycles. The van der Waals surface area contributed by atoms with E-state index in [1.165, 1.54) is 0 Å². The van der Waals surface area contributed by atoms with Gasteiger partial charge >= 0.3 is 0 Å². The normalized spacial score (nSPS) is 14.3. The van der Waals surface area contributed by atoms with E-state index in [1.54, 1.807) is 36.1 Å². The van der Waals surface area contributed by atoms with Gasteiger partial charge in [-0.15, -0.1) is 11.3 Å². The van der Waals surface area contributed by atoms with Gasteiger partial charge in [0.15, 0.2) is 11.5 Å². The maximum atomic E-state index is 12.6. The van der Waals surface area contributed by atoms with E-state index in [0.29, 0.717) is 35.2 Å². The van der Waals surface area contributed by atoms with Crippen LogP contribution in [0, 0.1) is 5.92 Å². The van der Waals surface area contributed by atoms with Gasteiger partial charge in [0.1, 0.15) is 5.69 Å². The number of H-pyrrole nitrogens is 2. The Hall–Kier alpha value is -4.48. The van der Waals surface area contributed by atoms with Gasteiger partial charge in [0.2, 0.25) is 5.91 Å². The zero-order valence-corrected chi connectivity index (χ0v) is 21.8. The molecule has 7 rings (SSSR count). The molecule has 39 heavy (non-hydrogen) atoms. The molecule has 0 atom stereocenters. The maximum absolute atomic E-state index is 12.6. The molecule has 194 valence electrons. The Morgan fingerprint density at radius 3 is 2.90 bits per heavy atom. The zero-order valence-electron chi connectivity index (χ0n) is 20.9. The Morgan fingerprint density at radius 1 is 1.10 bits per heavy atom. The summed E-state index contributed by atoms with van der Waals surface area (Å²) in [7, 11) is 0. The number of hydrogen-bond donors (Lipinski definition) is 4. The molecule has 1 fully saturated rings. The largest absolute Gasteiger partial charge is 0.335 e. The van der Waals surface area contributed by atoms with Crippen molar-refractivity contribution < 1.29 is 4.79 Å². The van der Waals surface area contributed by atoms with Crippen LogP contribution in [0.3, 0.4) is 0 Å². The zero-order chi connectivity index (χ0) is 26.2. The number of thiophene rings is 1. The molecule has 1 saturated heterocycles. The summed E-state index contributed by atoms with van der Waals surface area (Å²) in [6.07, 6.45) is 9.51. The molecule has 6 aromatic heterocycles. The first kappa shape index (κ1) is 23.6. The van der Waals surface area contributed by atoms with Crippen LogP contribution < -0.4 is 10.6 Å². The third-order valence-corrected chi connectivity index (χ3v) is 8.00. The number of piperidine rings is 1. The Labute approximate surface area is 227 Å². The van der Waals surface area contributed by atoms with Crippen LogP contribution in [0.5, 0.6) is 0 Å². The number of carbonyl (C=O) groups excluding carboxylic acids is 1. The minimum atomic E-state index is 0.0156. The molecule has 6 aromatic rings. The third kappa shape index (κ3) is 4.66. The molecule has 0 radical (unpaired) electrons. The SMILES string of the molecule is O=C(CC1CCNCC1)Nc1cncc(-c2cc3c(-c4nc5nccc(-c6cccs6)c5[nH]4)n[nH]c3cn2)c1. The first-order valence-corrected chi connectivity index (χ1v) is 13.8. The summed E-state index contributed by atoms with van der Waals surface area (Å²) in [6.45, 7) is 1.94. The summed E-state index contributed by atoms with van der Waals surface area (Å²) in [6, 6.07) is 9.97. The lowest BCUT2D eigenvalue weighted by Crippen LogP contribution is -2.30. The number of imidazole rings is 1. The first-order valence-electron chi connectivity index (χ1n) is 12.9. The second-order valence-corrected chi connectivity index (χ2v) is 10.7. The molecule has 0 saturated carbocycles. The van der Waals surface area contributed by atoms with Crippen molar-refractivity contribution in [3.05, 3.63) is 60.5 Å². The molecular formula is C28H25N9OS. The lowest BCUT2D eigenvalue weighted by Gasteiger charge is -2.21. The van der Waals surface area contributed by atoms with Crippen molar-refractivity contribution in [2.75, 3.05) is 18.4 Å². The van der Waals surface area contributed by atoms with Crippen molar-refractivity contribution in [2.45, 2.75) is 19.3 Å². The van der Waals surface area contributed by atoms with Gasteiger partial charge < -0.3 is 15.6 Å². The number of anilines is 1. The van der Waals surface area contributed by atoms with E-state index < -0.39 is 0 Å². The summed E-state index contributed by atoms with van der Waals surface area (Å²) in [5, 5.41) is 16.9. The smallest absolute Gasteiger partial charge is 0.224 e. The Balaban J connectivity index is 1.19. The molecule has 4 N–H and O–H groups in total. The number of aromatic amines is 2. The highest BCUT2D eigenvalue weighted by Gasteiger charge is 2.19. The quantitative estimate of drug-likeness (QED) is 0.235. The van der Waals surface area contributed by atoms with Gasteiger partial charge in [-0.05, 0) is 61.5 Å². The Morgan fingerprint density at radius 2 is 2.03 bits per heavy atom. The van der Waals surface area contributed by atoms with Crippen molar-refractivity contribution in [3.8, 4) is 33.2 Å². The van der Waals surface area contributed by atoms with Gasteiger partial charge in [-0.25, -0.2) is 9.97 Å². The monoisotopic (exact) mass is 535 g/mol. The predicted molar refractivity (Wildman–Crippen MR) is 152 cm³/mol. The van der Waals surface area contributed by atoms with Gasteiger partial charge in [0.05, 0.1) is 34.8 Å². The van der Waals surface area contributed by atoms with Crippen molar-refractivity contribution in [1.82, 2.24) is 40.4 Å². The van der Waals surface area contributed by atoms with E-state index in [1.807, 2.05) is 24.3 Å². The number of nitrogens with zero attached hydrogens (tertiary/aromatic N) is 5. The fraction of sp³-hybridized carbons (Fsp3) is 0.214. The van der Waals surface area contributed by atoms with E-state index in [4.69, 9.17) is 4.98 Å². The van der Waals surface area contributed by atoms with E-state index in [9.17, 15) is 4.79 Å². The minimum absolute atomic E-state index is 0.0156. The molecule has 7 heterocycles. The summed E-state index contributed by atoms with van der Waals surface area (Å²) in [5.41, 5.74) is 6.22. The molecule has 11 heteroatoms. The van der Waals surface area contributed by atoms with E-state index in [-0.39, 0.29) is 5.91 Å². The highest BCUT2D eigenvalue weighted by Crippen LogP contribution is 2.33. The number of rotatable bonds is 6. The predicted octanol–water partition coefficient (Wildman–Crippen LogP) is 5.01. The average molecular weight is 536 g/mol. The fourth-order valence-electron chi connectivity index (χ4n) is 5.12. The summed E-state index contributed by atoms with van der Waals surface area (Å²) >= 11 is 1.67. The van der Waals surface area contributed by atoms with Crippen LogP contribution in [0.2, 0.25) is 0 Å². The van der Waals surface area contributed by atoms with Crippen LogP contribution in [0.4, 0.5) is 5.69 Å². The summed E-state index contributed by atoms with van der Waals surface area (Å²) in [4.78, 5) is 35.4. The lowest BCUT2D eigenvalue weighted by molar-refractivity contribution is -0.117. The van der Waals surface area contributed by atoms with Crippen LogP contribution in [0.1, 0.15) is 19.3 Å². The van der Waals surface area contributed by atoms with Crippen molar-refractivity contribution >= 4 is 45.0 Å². The summed E-state index contributed by atoms with van der Waals surface area (Å²) < 4.78 is 0. The molecule has 10 nitrogen and oxygen atoms in total. The Bertz CT molecular complexity index is 1780. The van der Waals surface area contributed by atoms with E-state index in [0.717, 1.165) is 64.0 Å². The van der Waals surface area contributed by atoms with E-state index in [2.05, 4.69) is 52.2 Å². The third-order valence-electron chi connectivity index (χ3n) is 7.10. The molecule has 1 aliphatic rings. The highest BCUT2D eigenvalue weighted by molar-refractivity contribution is 7.13. The molecule has 0 bridgehead atoms. The van der Waals surface area contributed by atoms with Gasteiger partial charge in [0.25, 0.3) is 0 Å². The first-order chi connectivity index (χ1) is 19.2. The lowest BCUT2D eigenvalue weighted by atomic mass is 9.94. The van der Waals surface area contributed by atoms with Crippen LogP contribution in [-0.4, -0.2) is 54.1 Å². The summed E-state index contributed by atoms with van der Waals surface area (Å²) in [5.74, 6) is 1.06. The molecule has 0 spiro atoms. The van der Waals surface area contributed by atoms with Crippen molar-refractivity contribution in [2.24, 2.45) is 5.92 Å².